The quantitative estimate of drug-likeness (QED) is 0.830. The van der Waals surface area contributed by atoms with Gasteiger partial charge in [0, 0.05) is 38.1 Å². The minimum Gasteiger partial charge on any atom is -0.343 e. The Kier molecular flexibility index (Phi) is 4.38. The molecular weight excluding hydrogens is 238 g/mol. The van der Waals surface area contributed by atoms with Crippen molar-refractivity contribution in [2.75, 3.05) is 32.7 Å². The van der Waals surface area contributed by atoms with Crippen molar-refractivity contribution in [1.82, 2.24) is 15.1 Å². The number of nitrogens with one attached hydrogen (secondary N) is 1. The van der Waals surface area contributed by atoms with E-state index in [1.807, 2.05) is 4.90 Å². The first-order valence-corrected chi connectivity index (χ1v) is 8.08. The molecule has 3 aliphatic rings. The van der Waals surface area contributed by atoms with Crippen LogP contribution in [0.15, 0.2) is 0 Å². The highest BCUT2D eigenvalue weighted by Gasteiger charge is 2.31. The van der Waals surface area contributed by atoms with Crippen molar-refractivity contribution in [2.45, 2.75) is 57.0 Å². The Labute approximate surface area is 116 Å². The molecule has 2 unspecified atom stereocenters. The molecule has 108 valence electrons. The fourth-order valence-electron chi connectivity index (χ4n) is 3.92. The van der Waals surface area contributed by atoms with Crippen molar-refractivity contribution < 1.29 is 4.79 Å². The highest BCUT2D eigenvalue weighted by molar-refractivity contribution is 5.76. The molecule has 0 aromatic carbocycles. The summed E-state index contributed by atoms with van der Waals surface area (Å²) >= 11 is 0. The first kappa shape index (κ1) is 13.4. The Hall–Kier alpha value is -0.610. The lowest BCUT2D eigenvalue weighted by Gasteiger charge is -2.35. The molecule has 2 atom stereocenters. The second-order valence-electron chi connectivity index (χ2n) is 6.35. The summed E-state index contributed by atoms with van der Waals surface area (Å²) in [6.45, 7) is 5.40. The Balaban J connectivity index is 1.34. The fourth-order valence-corrected chi connectivity index (χ4v) is 3.92. The molecule has 3 heterocycles. The molecule has 0 aliphatic carbocycles. The van der Waals surface area contributed by atoms with Gasteiger partial charge in [-0.3, -0.25) is 4.79 Å². The van der Waals surface area contributed by atoms with E-state index < -0.39 is 0 Å². The molecule has 0 spiro atoms. The van der Waals surface area contributed by atoms with Crippen LogP contribution in [0.1, 0.15) is 44.9 Å². The van der Waals surface area contributed by atoms with Crippen LogP contribution in [-0.2, 0) is 4.79 Å². The maximum atomic E-state index is 11.9. The van der Waals surface area contributed by atoms with Gasteiger partial charge in [-0.1, -0.05) is 0 Å². The van der Waals surface area contributed by atoms with Crippen molar-refractivity contribution in [3.63, 3.8) is 0 Å². The van der Waals surface area contributed by atoms with Crippen LogP contribution in [0.5, 0.6) is 0 Å². The van der Waals surface area contributed by atoms with Gasteiger partial charge in [-0.05, 0) is 51.6 Å². The topological polar surface area (TPSA) is 35.6 Å². The summed E-state index contributed by atoms with van der Waals surface area (Å²) in [7, 11) is 0. The van der Waals surface area contributed by atoms with Crippen molar-refractivity contribution in [3.05, 3.63) is 0 Å². The van der Waals surface area contributed by atoms with Gasteiger partial charge in [0.15, 0.2) is 0 Å². The molecule has 3 saturated heterocycles. The largest absolute Gasteiger partial charge is 0.343 e. The van der Waals surface area contributed by atoms with Crippen molar-refractivity contribution in [2.24, 2.45) is 0 Å². The smallest absolute Gasteiger partial charge is 0.223 e. The molecule has 0 bridgehead atoms. The average Bonchev–Trinajstić information content (AvgIpc) is 3.09. The first-order chi connectivity index (χ1) is 9.33. The van der Waals surface area contributed by atoms with Gasteiger partial charge in [-0.25, -0.2) is 0 Å². The lowest BCUT2D eigenvalue weighted by Crippen LogP contribution is -2.46. The van der Waals surface area contributed by atoms with Crippen LogP contribution in [0.4, 0.5) is 0 Å². The van der Waals surface area contributed by atoms with E-state index in [2.05, 4.69) is 10.2 Å². The third kappa shape index (κ3) is 3.29. The number of hydrogen-bond acceptors (Lipinski definition) is 3. The second-order valence-corrected chi connectivity index (χ2v) is 6.35. The predicted octanol–water partition coefficient (Wildman–Crippen LogP) is 1.22. The minimum absolute atomic E-state index is 0.350. The van der Waals surface area contributed by atoms with Gasteiger partial charge in [0.2, 0.25) is 5.91 Å². The average molecular weight is 265 g/mol. The normalized spacial score (nSPS) is 31.7. The van der Waals surface area contributed by atoms with Gasteiger partial charge >= 0.3 is 0 Å². The summed E-state index contributed by atoms with van der Waals surface area (Å²) in [6, 6.07) is 1.46. The summed E-state index contributed by atoms with van der Waals surface area (Å²) in [4.78, 5) is 16.6. The molecule has 3 rings (SSSR count). The zero-order valence-corrected chi connectivity index (χ0v) is 11.9. The third-order valence-corrected chi connectivity index (χ3v) is 5.05. The van der Waals surface area contributed by atoms with E-state index in [-0.39, 0.29) is 0 Å². The standard InChI is InChI=1S/C15H27N3O/c19-15(18-8-1-2-9-18)5-7-16-13-6-11-17-10-3-4-14(17)12-13/h13-14,16H,1-12H2. The van der Waals surface area contributed by atoms with Gasteiger partial charge in [0.1, 0.15) is 0 Å². The number of fused-ring (bicyclic) bond motifs is 1. The molecule has 4 nitrogen and oxygen atoms in total. The number of likely N-dealkylation sites (tertiary alicyclic amines) is 1. The number of hydrogen-bond donors (Lipinski definition) is 1. The molecule has 19 heavy (non-hydrogen) atoms. The van der Waals surface area contributed by atoms with Gasteiger partial charge in [-0.15, -0.1) is 0 Å². The number of rotatable bonds is 4. The molecular formula is C15H27N3O. The summed E-state index contributed by atoms with van der Waals surface area (Å²) in [6.07, 6.45) is 8.38. The summed E-state index contributed by atoms with van der Waals surface area (Å²) in [5.41, 5.74) is 0. The third-order valence-electron chi connectivity index (χ3n) is 5.05. The fraction of sp³-hybridized carbons (Fsp3) is 0.933. The highest BCUT2D eigenvalue weighted by Crippen LogP contribution is 2.26. The van der Waals surface area contributed by atoms with Crippen LogP contribution in [0.2, 0.25) is 0 Å². The van der Waals surface area contributed by atoms with Crippen LogP contribution < -0.4 is 5.32 Å². The van der Waals surface area contributed by atoms with E-state index in [9.17, 15) is 4.79 Å². The molecule has 3 fully saturated rings. The van der Waals surface area contributed by atoms with E-state index in [0.717, 1.165) is 25.7 Å². The zero-order valence-electron chi connectivity index (χ0n) is 11.9. The van der Waals surface area contributed by atoms with E-state index in [0.29, 0.717) is 18.4 Å². The second kappa shape index (κ2) is 6.23. The molecule has 0 aromatic rings. The molecule has 0 aromatic heterocycles. The van der Waals surface area contributed by atoms with Gasteiger partial charge < -0.3 is 15.1 Å². The maximum Gasteiger partial charge on any atom is 0.223 e. The van der Waals surface area contributed by atoms with Gasteiger partial charge in [0.05, 0.1) is 0 Å². The SMILES string of the molecule is O=C(CCNC1CCN2CCCC2C1)N1CCCC1. The zero-order chi connectivity index (χ0) is 13.1. The van der Waals surface area contributed by atoms with Crippen LogP contribution in [-0.4, -0.2) is 60.5 Å². The number of amides is 1. The van der Waals surface area contributed by atoms with Gasteiger partial charge in [0.25, 0.3) is 0 Å². The predicted molar refractivity (Wildman–Crippen MR) is 76.1 cm³/mol. The molecule has 1 amide bonds. The van der Waals surface area contributed by atoms with E-state index >= 15 is 0 Å². The Morgan fingerprint density at radius 3 is 2.74 bits per heavy atom. The lowest BCUT2D eigenvalue weighted by molar-refractivity contribution is -0.130. The number of carbonyl (C=O) groups excluding carboxylic acids is 1. The Morgan fingerprint density at radius 1 is 1.05 bits per heavy atom. The van der Waals surface area contributed by atoms with Crippen molar-refractivity contribution in [3.8, 4) is 0 Å². The highest BCUT2D eigenvalue weighted by atomic mass is 16.2. The molecule has 0 radical (unpaired) electrons. The summed E-state index contributed by atoms with van der Waals surface area (Å²) < 4.78 is 0. The number of piperidine rings is 1. The summed E-state index contributed by atoms with van der Waals surface area (Å²) in [5.74, 6) is 0.350. The number of nitrogens with zero attached hydrogens (tertiary/aromatic N) is 2. The van der Waals surface area contributed by atoms with Crippen LogP contribution in [0.3, 0.4) is 0 Å². The lowest BCUT2D eigenvalue weighted by atomic mass is 9.97. The molecule has 3 aliphatic heterocycles. The van der Waals surface area contributed by atoms with Gasteiger partial charge in [-0.2, -0.15) is 0 Å². The Bertz CT molecular complexity index is 315. The molecule has 1 N–H and O–H groups in total. The molecule has 0 saturated carbocycles. The maximum absolute atomic E-state index is 11.9. The van der Waals surface area contributed by atoms with Crippen LogP contribution in [0, 0.1) is 0 Å². The van der Waals surface area contributed by atoms with E-state index in [1.165, 1.54) is 51.6 Å². The van der Waals surface area contributed by atoms with Crippen LogP contribution >= 0.6 is 0 Å². The molecule has 4 heteroatoms. The van der Waals surface area contributed by atoms with Crippen LogP contribution in [0.25, 0.3) is 0 Å². The minimum atomic E-state index is 0.350. The Morgan fingerprint density at radius 2 is 1.89 bits per heavy atom. The first-order valence-electron chi connectivity index (χ1n) is 8.08. The monoisotopic (exact) mass is 265 g/mol. The summed E-state index contributed by atoms with van der Waals surface area (Å²) in [5, 5.41) is 3.61. The van der Waals surface area contributed by atoms with Crippen molar-refractivity contribution >= 4 is 5.91 Å². The number of carbonyl (C=O) groups is 1. The van der Waals surface area contributed by atoms with E-state index in [4.69, 9.17) is 0 Å². The van der Waals surface area contributed by atoms with E-state index in [1.54, 1.807) is 0 Å². The van der Waals surface area contributed by atoms with Crippen molar-refractivity contribution in [1.29, 1.82) is 0 Å².